The molecular weight excluding hydrogens is 228 g/mol. The molecule has 0 radical (unpaired) electrons. The predicted octanol–water partition coefficient (Wildman–Crippen LogP) is 1.44. The van der Waals surface area contributed by atoms with Crippen molar-refractivity contribution in [2.24, 2.45) is 0 Å². The van der Waals surface area contributed by atoms with E-state index in [0.717, 1.165) is 49.9 Å². The molecule has 2 aromatic heterocycles. The van der Waals surface area contributed by atoms with E-state index in [2.05, 4.69) is 28.0 Å². The number of ether oxygens (including phenoxy) is 1. The molecule has 0 saturated carbocycles. The number of anilines is 1. The lowest BCUT2D eigenvalue weighted by Crippen LogP contribution is -2.37. The van der Waals surface area contributed by atoms with Crippen molar-refractivity contribution in [3.05, 3.63) is 23.5 Å². The van der Waals surface area contributed by atoms with Crippen molar-refractivity contribution >= 4 is 11.5 Å². The topological polar surface area (TPSA) is 42.7 Å². The zero-order chi connectivity index (χ0) is 12.5. The Morgan fingerprint density at radius 2 is 2.11 bits per heavy atom. The quantitative estimate of drug-likeness (QED) is 0.804. The summed E-state index contributed by atoms with van der Waals surface area (Å²) in [6, 6.07) is 2.16. The molecule has 0 atom stereocenters. The number of aryl methyl sites for hydroxylation is 2. The molecule has 0 spiro atoms. The number of nitrogens with zero attached hydrogens (tertiary/aromatic N) is 4. The minimum absolute atomic E-state index is 0.782. The van der Waals surface area contributed by atoms with Crippen LogP contribution in [0.25, 0.3) is 5.65 Å². The first-order valence-electron chi connectivity index (χ1n) is 6.46. The minimum Gasteiger partial charge on any atom is -0.378 e. The highest BCUT2D eigenvalue weighted by atomic mass is 16.5. The predicted molar refractivity (Wildman–Crippen MR) is 70.1 cm³/mol. The van der Waals surface area contributed by atoms with Crippen LogP contribution in [0.5, 0.6) is 0 Å². The lowest BCUT2D eigenvalue weighted by Gasteiger charge is -2.28. The zero-order valence-electron chi connectivity index (χ0n) is 10.9. The Balaban J connectivity index is 2.06. The van der Waals surface area contributed by atoms with E-state index in [1.807, 2.05) is 17.6 Å². The normalized spacial score (nSPS) is 16.4. The molecule has 0 aromatic carbocycles. The fourth-order valence-corrected chi connectivity index (χ4v) is 2.35. The third kappa shape index (κ3) is 1.95. The van der Waals surface area contributed by atoms with E-state index in [-0.39, 0.29) is 0 Å². The Labute approximate surface area is 106 Å². The average Bonchev–Trinajstić information content (AvgIpc) is 2.78. The SMILES string of the molecule is CCc1cc(N2CCOCC2)nn2cc(C)nc12. The van der Waals surface area contributed by atoms with E-state index in [9.17, 15) is 0 Å². The highest BCUT2D eigenvalue weighted by Gasteiger charge is 2.15. The highest BCUT2D eigenvalue weighted by molar-refractivity contribution is 5.54. The maximum absolute atomic E-state index is 5.38. The summed E-state index contributed by atoms with van der Waals surface area (Å²) in [7, 11) is 0. The first kappa shape index (κ1) is 11.5. The van der Waals surface area contributed by atoms with Gasteiger partial charge in [0.15, 0.2) is 5.65 Å². The van der Waals surface area contributed by atoms with Gasteiger partial charge in [0, 0.05) is 18.7 Å². The van der Waals surface area contributed by atoms with Gasteiger partial charge in [-0.2, -0.15) is 0 Å². The molecule has 5 nitrogen and oxygen atoms in total. The lowest BCUT2D eigenvalue weighted by atomic mass is 10.2. The number of aromatic nitrogens is 3. The molecule has 1 aliphatic rings. The Morgan fingerprint density at radius 1 is 1.33 bits per heavy atom. The molecule has 96 valence electrons. The fourth-order valence-electron chi connectivity index (χ4n) is 2.35. The maximum atomic E-state index is 5.38. The number of rotatable bonds is 2. The van der Waals surface area contributed by atoms with Crippen molar-refractivity contribution in [2.75, 3.05) is 31.2 Å². The van der Waals surface area contributed by atoms with E-state index in [0.29, 0.717) is 0 Å². The van der Waals surface area contributed by atoms with Crippen LogP contribution in [0.15, 0.2) is 12.3 Å². The van der Waals surface area contributed by atoms with Gasteiger partial charge in [-0.25, -0.2) is 9.50 Å². The van der Waals surface area contributed by atoms with Crippen molar-refractivity contribution in [3.63, 3.8) is 0 Å². The van der Waals surface area contributed by atoms with Gasteiger partial charge in [0.2, 0.25) is 0 Å². The van der Waals surface area contributed by atoms with Crippen LogP contribution in [-0.4, -0.2) is 40.9 Å². The van der Waals surface area contributed by atoms with Gasteiger partial charge in [-0.15, -0.1) is 5.10 Å². The number of morpholine rings is 1. The van der Waals surface area contributed by atoms with E-state index in [1.54, 1.807) is 0 Å². The molecule has 1 fully saturated rings. The summed E-state index contributed by atoms with van der Waals surface area (Å²) in [5, 5.41) is 4.65. The van der Waals surface area contributed by atoms with Crippen molar-refractivity contribution in [2.45, 2.75) is 20.3 Å². The van der Waals surface area contributed by atoms with Gasteiger partial charge in [-0.05, 0) is 19.4 Å². The number of imidazole rings is 1. The van der Waals surface area contributed by atoms with Crippen molar-refractivity contribution in [1.29, 1.82) is 0 Å². The molecule has 0 unspecified atom stereocenters. The Hall–Kier alpha value is -1.62. The standard InChI is InChI=1S/C13H18N4O/c1-3-11-8-12(16-4-6-18-7-5-16)15-17-9-10(2)14-13(11)17/h8-9H,3-7H2,1-2H3. The van der Waals surface area contributed by atoms with Gasteiger partial charge in [0.25, 0.3) is 0 Å². The van der Waals surface area contributed by atoms with Gasteiger partial charge in [0.05, 0.1) is 25.1 Å². The third-order valence-corrected chi connectivity index (χ3v) is 3.33. The Kier molecular flexibility index (Phi) is 2.91. The first-order chi connectivity index (χ1) is 8.78. The van der Waals surface area contributed by atoms with Crippen LogP contribution in [0, 0.1) is 6.92 Å². The van der Waals surface area contributed by atoms with Crippen molar-refractivity contribution in [1.82, 2.24) is 14.6 Å². The van der Waals surface area contributed by atoms with Crippen LogP contribution < -0.4 is 4.90 Å². The van der Waals surface area contributed by atoms with Crippen LogP contribution in [0.4, 0.5) is 5.82 Å². The largest absolute Gasteiger partial charge is 0.378 e. The summed E-state index contributed by atoms with van der Waals surface area (Å²) >= 11 is 0. The van der Waals surface area contributed by atoms with Gasteiger partial charge in [-0.3, -0.25) is 0 Å². The molecule has 1 saturated heterocycles. The zero-order valence-corrected chi connectivity index (χ0v) is 10.9. The number of fused-ring (bicyclic) bond motifs is 1. The fraction of sp³-hybridized carbons (Fsp3) is 0.538. The van der Waals surface area contributed by atoms with Gasteiger partial charge < -0.3 is 9.64 Å². The lowest BCUT2D eigenvalue weighted by molar-refractivity contribution is 0.122. The molecule has 0 N–H and O–H groups in total. The molecule has 1 aliphatic heterocycles. The second-order valence-corrected chi connectivity index (χ2v) is 4.63. The van der Waals surface area contributed by atoms with E-state index in [1.165, 1.54) is 5.56 Å². The second-order valence-electron chi connectivity index (χ2n) is 4.63. The monoisotopic (exact) mass is 246 g/mol. The van der Waals surface area contributed by atoms with Crippen molar-refractivity contribution in [3.8, 4) is 0 Å². The second kappa shape index (κ2) is 4.57. The Bertz CT molecular complexity index is 557. The average molecular weight is 246 g/mol. The van der Waals surface area contributed by atoms with Crippen LogP contribution in [0.1, 0.15) is 18.2 Å². The Morgan fingerprint density at radius 3 is 2.83 bits per heavy atom. The summed E-state index contributed by atoms with van der Waals surface area (Å²) in [5.41, 5.74) is 3.24. The molecule has 3 heterocycles. The molecule has 0 amide bonds. The summed E-state index contributed by atoms with van der Waals surface area (Å²) in [6.07, 6.45) is 2.96. The number of hydrogen-bond donors (Lipinski definition) is 0. The van der Waals surface area contributed by atoms with Crippen molar-refractivity contribution < 1.29 is 4.74 Å². The maximum Gasteiger partial charge on any atom is 0.157 e. The van der Waals surface area contributed by atoms with Gasteiger partial charge >= 0.3 is 0 Å². The summed E-state index contributed by atoms with van der Waals surface area (Å²) < 4.78 is 7.28. The highest BCUT2D eigenvalue weighted by Crippen LogP contribution is 2.19. The number of hydrogen-bond acceptors (Lipinski definition) is 4. The molecule has 3 rings (SSSR count). The molecular formula is C13H18N4O. The summed E-state index contributed by atoms with van der Waals surface area (Å²) in [6.45, 7) is 7.55. The molecule has 18 heavy (non-hydrogen) atoms. The first-order valence-corrected chi connectivity index (χ1v) is 6.46. The molecule has 0 aliphatic carbocycles. The molecule has 2 aromatic rings. The van der Waals surface area contributed by atoms with Crippen LogP contribution in [-0.2, 0) is 11.2 Å². The van der Waals surface area contributed by atoms with Gasteiger partial charge in [0.1, 0.15) is 5.82 Å². The third-order valence-electron chi connectivity index (χ3n) is 3.33. The minimum atomic E-state index is 0.782. The van der Waals surface area contributed by atoms with Crippen LogP contribution in [0.2, 0.25) is 0 Å². The van der Waals surface area contributed by atoms with E-state index in [4.69, 9.17) is 4.74 Å². The summed E-state index contributed by atoms with van der Waals surface area (Å²) in [5.74, 6) is 1.03. The van der Waals surface area contributed by atoms with Crippen LogP contribution in [0.3, 0.4) is 0 Å². The summed E-state index contributed by atoms with van der Waals surface area (Å²) in [4.78, 5) is 6.80. The molecule has 5 heteroatoms. The van der Waals surface area contributed by atoms with Crippen LogP contribution >= 0.6 is 0 Å². The van der Waals surface area contributed by atoms with E-state index < -0.39 is 0 Å². The van der Waals surface area contributed by atoms with E-state index >= 15 is 0 Å². The molecule has 0 bridgehead atoms. The smallest absolute Gasteiger partial charge is 0.157 e. The van der Waals surface area contributed by atoms with Gasteiger partial charge in [-0.1, -0.05) is 6.92 Å².